The molecule has 1 N–H and O–H groups in total. The quantitative estimate of drug-likeness (QED) is 0.760. The molecule has 2 atom stereocenters. The van der Waals surface area contributed by atoms with E-state index in [0.717, 1.165) is 17.8 Å². The number of likely N-dealkylation sites (tertiary alicyclic amines) is 2. The van der Waals surface area contributed by atoms with Gasteiger partial charge in [0.25, 0.3) is 0 Å². The first-order valence-electron chi connectivity index (χ1n) is 8.32. The summed E-state index contributed by atoms with van der Waals surface area (Å²) >= 11 is 0. The van der Waals surface area contributed by atoms with Crippen LogP contribution in [0.3, 0.4) is 0 Å². The predicted octanol–water partition coefficient (Wildman–Crippen LogP) is 1.90. The zero-order valence-corrected chi connectivity index (χ0v) is 13.2. The smallest absolute Gasteiger partial charge is 0.00225 e. The Morgan fingerprint density at radius 2 is 1.74 bits per heavy atom. The number of hydrogen-bond acceptors (Lipinski definition) is 3. The highest BCUT2D eigenvalue weighted by atomic mass is 15.2. The zero-order valence-electron chi connectivity index (χ0n) is 13.2. The van der Waals surface area contributed by atoms with Crippen LogP contribution >= 0.6 is 0 Å². The summed E-state index contributed by atoms with van der Waals surface area (Å²) in [5.74, 6) is 2.60. The Labute approximate surface area is 119 Å². The van der Waals surface area contributed by atoms with Crippen LogP contribution in [-0.4, -0.2) is 62.2 Å². The summed E-state index contributed by atoms with van der Waals surface area (Å²) in [6, 6.07) is 0. The van der Waals surface area contributed by atoms with Crippen molar-refractivity contribution >= 4 is 0 Å². The topological polar surface area (TPSA) is 18.5 Å². The van der Waals surface area contributed by atoms with E-state index in [2.05, 4.69) is 35.9 Å². The van der Waals surface area contributed by atoms with E-state index in [1.54, 1.807) is 0 Å². The molecule has 0 aromatic rings. The summed E-state index contributed by atoms with van der Waals surface area (Å²) in [6.45, 7) is 17.2. The van der Waals surface area contributed by atoms with E-state index >= 15 is 0 Å². The molecule has 19 heavy (non-hydrogen) atoms. The molecule has 2 rings (SSSR count). The van der Waals surface area contributed by atoms with Gasteiger partial charge < -0.3 is 15.1 Å². The van der Waals surface area contributed by atoms with Crippen molar-refractivity contribution in [2.75, 3.05) is 52.4 Å². The first-order chi connectivity index (χ1) is 9.17. The van der Waals surface area contributed by atoms with Crippen molar-refractivity contribution < 1.29 is 0 Å². The summed E-state index contributed by atoms with van der Waals surface area (Å²) in [4.78, 5) is 5.31. The second-order valence-corrected chi connectivity index (χ2v) is 7.01. The molecule has 2 heterocycles. The van der Waals surface area contributed by atoms with Gasteiger partial charge >= 0.3 is 0 Å². The predicted molar refractivity (Wildman–Crippen MR) is 82.5 cm³/mol. The maximum Gasteiger partial charge on any atom is 0.00225 e. The van der Waals surface area contributed by atoms with Crippen molar-refractivity contribution in [1.82, 2.24) is 15.1 Å². The van der Waals surface area contributed by atoms with Crippen LogP contribution in [0, 0.1) is 17.8 Å². The summed E-state index contributed by atoms with van der Waals surface area (Å²) < 4.78 is 0. The highest BCUT2D eigenvalue weighted by Crippen LogP contribution is 2.21. The van der Waals surface area contributed by atoms with Crippen LogP contribution in [0.4, 0.5) is 0 Å². The number of hydrogen-bond donors (Lipinski definition) is 1. The number of rotatable bonds is 7. The van der Waals surface area contributed by atoms with E-state index in [1.807, 2.05) is 0 Å². The molecule has 0 saturated carbocycles. The van der Waals surface area contributed by atoms with Crippen LogP contribution in [0.2, 0.25) is 0 Å². The second-order valence-electron chi connectivity index (χ2n) is 7.01. The summed E-state index contributed by atoms with van der Waals surface area (Å²) in [6.07, 6.45) is 2.82. The van der Waals surface area contributed by atoms with E-state index in [9.17, 15) is 0 Å². The third kappa shape index (κ3) is 5.05. The minimum Gasteiger partial charge on any atom is -0.316 e. The van der Waals surface area contributed by atoms with Gasteiger partial charge in [0.1, 0.15) is 0 Å². The van der Waals surface area contributed by atoms with E-state index in [1.165, 1.54) is 65.2 Å². The molecular formula is C16H33N3. The van der Waals surface area contributed by atoms with Gasteiger partial charge in [0, 0.05) is 19.6 Å². The maximum absolute atomic E-state index is 3.62. The maximum atomic E-state index is 3.62. The fourth-order valence-electron chi connectivity index (χ4n) is 3.54. The van der Waals surface area contributed by atoms with Gasteiger partial charge in [-0.15, -0.1) is 0 Å². The van der Waals surface area contributed by atoms with Crippen LogP contribution < -0.4 is 5.32 Å². The van der Waals surface area contributed by atoms with Gasteiger partial charge in [0.15, 0.2) is 0 Å². The highest BCUT2D eigenvalue weighted by molar-refractivity contribution is 4.82. The Balaban J connectivity index is 1.60. The Morgan fingerprint density at radius 3 is 2.42 bits per heavy atom. The average molecular weight is 267 g/mol. The van der Waals surface area contributed by atoms with Gasteiger partial charge in [0.2, 0.25) is 0 Å². The summed E-state index contributed by atoms with van der Waals surface area (Å²) in [5.41, 5.74) is 0. The minimum absolute atomic E-state index is 0.774. The molecule has 2 unspecified atom stereocenters. The minimum atomic E-state index is 0.774. The fraction of sp³-hybridized carbons (Fsp3) is 1.00. The molecule has 0 aromatic heterocycles. The third-order valence-electron chi connectivity index (χ3n) is 4.69. The Kier molecular flexibility index (Phi) is 6.11. The Morgan fingerprint density at radius 1 is 1.05 bits per heavy atom. The Bertz CT molecular complexity index is 254. The normalized spacial score (nSPS) is 29.7. The molecule has 2 fully saturated rings. The van der Waals surface area contributed by atoms with Crippen molar-refractivity contribution in [3.8, 4) is 0 Å². The van der Waals surface area contributed by atoms with Gasteiger partial charge in [-0.25, -0.2) is 0 Å². The fourth-order valence-corrected chi connectivity index (χ4v) is 3.54. The lowest BCUT2D eigenvalue weighted by atomic mass is 10.1. The van der Waals surface area contributed by atoms with Crippen LogP contribution in [0.15, 0.2) is 0 Å². The van der Waals surface area contributed by atoms with Gasteiger partial charge in [0.05, 0.1) is 0 Å². The molecule has 0 radical (unpaired) electrons. The van der Waals surface area contributed by atoms with Crippen LogP contribution in [0.25, 0.3) is 0 Å². The Hall–Kier alpha value is -0.120. The lowest BCUT2D eigenvalue weighted by molar-refractivity contribution is 0.259. The molecule has 0 spiro atoms. The van der Waals surface area contributed by atoms with E-state index in [4.69, 9.17) is 0 Å². The highest BCUT2D eigenvalue weighted by Gasteiger charge is 2.27. The molecule has 3 nitrogen and oxygen atoms in total. The van der Waals surface area contributed by atoms with Crippen LogP contribution in [-0.2, 0) is 0 Å². The third-order valence-corrected chi connectivity index (χ3v) is 4.69. The van der Waals surface area contributed by atoms with Gasteiger partial charge in [-0.2, -0.15) is 0 Å². The second kappa shape index (κ2) is 7.61. The zero-order chi connectivity index (χ0) is 13.7. The van der Waals surface area contributed by atoms with E-state index in [0.29, 0.717) is 0 Å². The van der Waals surface area contributed by atoms with E-state index in [-0.39, 0.29) is 0 Å². The average Bonchev–Trinajstić information content (AvgIpc) is 2.99. The molecule has 112 valence electrons. The summed E-state index contributed by atoms with van der Waals surface area (Å²) in [5, 5.41) is 3.62. The molecule has 3 heteroatoms. The lowest BCUT2D eigenvalue weighted by Gasteiger charge is -2.21. The first-order valence-corrected chi connectivity index (χ1v) is 8.32. The van der Waals surface area contributed by atoms with Crippen molar-refractivity contribution in [3.05, 3.63) is 0 Å². The summed E-state index contributed by atoms with van der Waals surface area (Å²) in [7, 11) is 0. The van der Waals surface area contributed by atoms with Crippen molar-refractivity contribution in [3.63, 3.8) is 0 Å². The van der Waals surface area contributed by atoms with Gasteiger partial charge in [-0.1, -0.05) is 20.8 Å². The first kappa shape index (κ1) is 15.3. The molecule has 2 saturated heterocycles. The van der Waals surface area contributed by atoms with Crippen molar-refractivity contribution in [1.29, 1.82) is 0 Å². The molecule has 0 aliphatic carbocycles. The molecule has 0 amide bonds. The molecule has 0 aromatic carbocycles. The molecule has 2 aliphatic rings. The number of nitrogens with one attached hydrogen (secondary N) is 1. The van der Waals surface area contributed by atoms with Crippen molar-refractivity contribution in [2.45, 2.75) is 33.6 Å². The number of nitrogens with zero attached hydrogens (tertiary/aromatic N) is 2. The SMILES string of the molecule is CCN1CCC(CN2CCC(CNCC(C)C)C2)C1. The van der Waals surface area contributed by atoms with Crippen LogP contribution in [0.1, 0.15) is 33.6 Å². The molecule has 0 bridgehead atoms. The van der Waals surface area contributed by atoms with Crippen LogP contribution in [0.5, 0.6) is 0 Å². The van der Waals surface area contributed by atoms with Gasteiger partial charge in [-0.3, -0.25) is 0 Å². The largest absolute Gasteiger partial charge is 0.316 e. The standard InChI is InChI=1S/C16H33N3/c1-4-18-7-6-16(12-18)13-19-8-5-15(11-19)10-17-9-14(2)3/h14-17H,4-13H2,1-3H3. The van der Waals surface area contributed by atoms with E-state index < -0.39 is 0 Å². The monoisotopic (exact) mass is 267 g/mol. The molecular weight excluding hydrogens is 234 g/mol. The van der Waals surface area contributed by atoms with Crippen molar-refractivity contribution in [2.24, 2.45) is 17.8 Å². The lowest BCUT2D eigenvalue weighted by Crippen LogP contribution is -2.32. The van der Waals surface area contributed by atoms with Gasteiger partial charge in [-0.05, 0) is 63.3 Å². The molecule has 2 aliphatic heterocycles.